The van der Waals surface area contributed by atoms with Gasteiger partial charge in [-0.2, -0.15) is 0 Å². The molecule has 1 saturated heterocycles. The first-order valence-electron chi connectivity index (χ1n) is 3.71. The lowest BCUT2D eigenvalue weighted by molar-refractivity contribution is -0.0473. The van der Waals surface area contributed by atoms with Crippen LogP contribution in [0.2, 0.25) is 0 Å². The van der Waals surface area contributed by atoms with Gasteiger partial charge < -0.3 is 9.47 Å². The molecule has 0 radical (unpaired) electrons. The summed E-state index contributed by atoms with van der Waals surface area (Å²) in [5.74, 6) is -0.350. The molecule has 1 fully saturated rings. The van der Waals surface area contributed by atoms with Crippen molar-refractivity contribution in [1.82, 2.24) is 4.98 Å². The van der Waals surface area contributed by atoms with Crippen molar-refractivity contribution in [1.29, 1.82) is 0 Å². The van der Waals surface area contributed by atoms with Crippen molar-refractivity contribution >= 4 is 0 Å². The van der Waals surface area contributed by atoms with E-state index in [2.05, 4.69) is 4.98 Å². The molecule has 0 saturated carbocycles. The first-order valence-corrected chi connectivity index (χ1v) is 3.71. The van der Waals surface area contributed by atoms with Crippen LogP contribution in [0.5, 0.6) is 0 Å². The Morgan fingerprint density at radius 3 is 2.67 bits per heavy atom. The van der Waals surface area contributed by atoms with Crippen molar-refractivity contribution in [2.45, 2.75) is 6.29 Å². The molecule has 64 valence electrons. The lowest BCUT2D eigenvalue weighted by atomic mass is 10.3. The fourth-order valence-electron chi connectivity index (χ4n) is 1.06. The van der Waals surface area contributed by atoms with E-state index in [4.69, 9.17) is 9.47 Å². The van der Waals surface area contributed by atoms with Crippen molar-refractivity contribution in [2.75, 3.05) is 13.2 Å². The van der Waals surface area contributed by atoms with Gasteiger partial charge in [0.15, 0.2) is 0 Å². The molecule has 12 heavy (non-hydrogen) atoms. The van der Waals surface area contributed by atoms with Crippen LogP contribution in [-0.2, 0) is 9.47 Å². The Morgan fingerprint density at radius 2 is 2.08 bits per heavy atom. The maximum absolute atomic E-state index is 12.4. The van der Waals surface area contributed by atoms with E-state index in [1.54, 1.807) is 6.07 Å². The van der Waals surface area contributed by atoms with E-state index in [-0.39, 0.29) is 5.82 Å². The van der Waals surface area contributed by atoms with Crippen LogP contribution in [0, 0.1) is 5.82 Å². The van der Waals surface area contributed by atoms with Crippen LogP contribution < -0.4 is 0 Å². The molecular weight excluding hydrogens is 161 g/mol. The van der Waals surface area contributed by atoms with Crippen molar-refractivity contribution < 1.29 is 13.9 Å². The molecule has 2 rings (SSSR count). The average Bonchev–Trinajstić information content (AvgIpc) is 2.58. The molecule has 0 bridgehead atoms. The maximum atomic E-state index is 12.4. The Kier molecular flexibility index (Phi) is 2.01. The molecular formula is C8H8FNO2. The quantitative estimate of drug-likeness (QED) is 0.634. The number of pyridine rings is 1. The predicted octanol–water partition coefficient (Wildman–Crippen LogP) is 1.27. The normalized spacial score (nSPS) is 18.4. The van der Waals surface area contributed by atoms with Gasteiger partial charge in [0.05, 0.1) is 25.1 Å². The molecule has 1 aliphatic rings. The summed E-state index contributed by atoms with van der Waals surface area (Å²) in [6.07, 6.45) is 0.742. The number of halogens is 1. The molecule has 0 N–H and O–H groups in total. The third kappa shape index (κ3) is 1.44. The van der Waals surface area contributed by atoms with E-state index in [0.717, 1.165) is 6.20 Å². The highest BCUT2D eigenvalue weighted by Crippen LogP contribution is 2.20. The molecule has 1 aliphatic heterocycles. The van der Waals surface area contributed by atoms with E-state index in [1.165, 1.54) is 6.07 Å². The number of hydrogen-bond donors (Lipinski definition) is 0. The summed E-state index contributed by atoms with van der Waals surface area (Å²) < 4.78 is 22.8. The summed E-state index contributed by atoms with van der Waals surface area (Å²) in [6, 6.07) is 2.90. The van der Waals surface area contributed by atoms with Gasteiger partial charge in [-0.25, -0.2) is 4.39 Å². The molecule has 2 heterocycles. The lowest BCUT2D eigenvalue weighted by Gasteiger charge is -2.06. The van der Waals surface area contributed by atoms with Crippen LogP contribution in [0.25, 0.3) is 0 Å². The van der Waals surface area contributed by atoms with Gasteiger partial charge in [-0.3, -0.25) is 4.98 Å². The minimum Gasteiger partial charge on any atom is -0.345 e. The molecule has 3 nitrogen and oxygen atoms in total. The van der Waals surface area contributed by atoms with E-state index in [9.17, 15) is 4.39 Å². The van der Waals surface area contributed by atoms with Crippen molar-refractivity contribution in [3.63, 3.8) is 0 Å². The summed E-state index contributed by atoms with van der Waals surface area (Å²) in [5, 5.41) is 0. The van der Waals surface area contributed by atoms with Crippen molar-refractivity contribution in [3.05, 3.63) is 29.8 Å². The lowest BCUT2D eigenvalue weighted by Crippen LogP contribution is -2.00. The van der Waals surface area contributed by atoms with E-state index in [0.29, 0.717) is 18.9 Å². The first-order chi connectivity index (χ1) is 5.86. The number of nitrogens with zero attached hydrogens (tertiary/aromatic N) is 1. The smallest absolute Gasteiger partial charge is 0.201 e. The molecule has 0 aromatic carbocycles. The minimum absolute atomic E-state index is 0.350. The molecule has 0 amide bonds. The second kappa shape index (κ2) is 3.16. The van der Waals surface area contributed by atoms with Gasteiger partial charge in [0, 0.05) is 0 Å². The highest BCUT2D eigenvalue weighted by molar-refractivity contribution is 5.06. The standard InChI is InChI=1S/C8H8FNO2/c9-6-1-2-7(10-5-6)8-11-3-4-12-8/h1-2,5,8H,3-4H2. The van der Waals surface area contributed by atoms with Gasteiger partial charge in [-0.15, -0.1) is 0 Å². The van der Waals surface area contributed by atoms with Gasteiger partial charge in [-0.05, 0) is 12.1 Å². The van der Waals surface area contributed by atoms with E-state index in [1.807, 2.05) is 0 Å². The molecule has 0 unspecified atom stereocenters. The first kappa shape index (κ1) is 7.64. The van der Waals surface area contributed by atoms with E-state index < -0.39 is 6.29 Å². The van der Waals surface area contributed by atoms with E-state index >= 15 is 0 Å². The van der Waals surface area contributed by atoms with Gasteiger partial charge in [-0.1, -0.05) is 0 Å². The average molecular weight is 169 g/mol. The number of aromatic nitrogens is 1. The van der Waals surface area contributed by atoms with Crippen LogP contribution in [0.3, 0.4) is 0 Å². The fourth-order valence-corrected chi connectivity index (χ4v) is 1.06. The van der Waals surface area contributed by atoms with Gasteiger partial charge in [0.25, 0.3) is 0 Å². The minimum atomic E-state index is -0.411. The molecule has 1 aromatic heterocycles. The van der Waals surface area contributed by atoms with Gasteiger partial charge in [0.1, 0.15) is 5.82 Å². The van der Waals surface area contributed by atoms with Crippen molar-refractivity contribution in [2.24, 2.45) is 0 Å². The summed E-state index contributed by atoms with van der Waals surface area (Å²) in [4.78, 5) is 3.84. The highest BCUT2D eigenvalue weighted by atomic mass is 19.1. The second-order valence-electron chi connectivity index (χ2n) is 2.47. The molecule has 0 aliphatic carbocycles. The van der Waals surface area contributed by atoms with Gasteiger partial charge in [0.2, 0.25) is 6.29 Å². The van der Waals surface area contributed by atoms with Crippen LogP contribution in [0.15, 0.2) is 18.3 Å². The predicted molar refractivity (Wildman–Crippen MR) is 38.8 cm³/mol. The Labute approximate surface area is 69.1 Å². The molecule has 1 aromatic rings. The summed E-state index contributed by atoms with van der Waals surface area (Å²) in [7, 11) is 0. The third-order valence-electron chi connectivity index (χ3n) is 1.61. The zero-order valence-corrected chi connectivity index (χ0v) is 6.37. The molecule has 0 atom stereocenters. The Bertz CT molecular complexity index is 256. The summed E-state index contributed by atoms with van der Waals surface area (Å²) in [5.41, 5.74) is 0.619. The Morgan fingerprint density at radius 1 is 1.33 bits per heavy atom. The third-order valence-corrected chi connectivity index (χ3v) is 1.61. The summed E-state index contributed by atoms with van der Waals surface area (Å²) in [6.45, 7) is 1.15. The van der Waals surface area contributed by atoms with Gasteiger partial charge >= 0.3 is 0 Å². The molecule has 4 heteroatoms. The van der Waals surface area contributed by atoms with Crippen molar-refractivity contribution in [3.8, 4) is 0 Å². The largest absolute Gasteiger partial charge is 0.345 e. The van der Waals surface area contributed by atoms with Crippen LogP contribution in [0.4, 0.5) is 4.39 Å². The fraction of sp³-hybridized carbons (Fsp3) is 0.375. The topological polar surface area (TPSA) is 31.4 Å². The maximum Gasteiger partial charge on any atom is 0.201 e. The molecule has 0 spiro atoms. The summed E-state index contributed by atoms with van der Waals surface area (Å²) >= 11 is 0. The second-order valence-corrected chi connectivity index (χ2v) is 2.47. The Hall–Kier alpha value is -1.00. The number of ether oxygens (including phenoxy) is 2. The number of rotatable bonds is 1. The highest BCUT2D eigenvalue weighted by Gasteiger charge is 2.18. The zero-order chi connectivity index (χ0) is 8.39. The number of hydrogen-bond acceptors (Lipinski definition) is 3. The zero-order valence-electron chi connectivity index (χ0n) is 6.37. The Balaban J connectivity index is 2.17. The van der Waals surface area contributed by atoms with Crippen LogP contribution >= 0.6 is 0 Å². The van der Waals surface area contributed by atoms with Crippen LogP contribution in [-0.4, -0.2) is 18.2 Å². The van der Waals surface area contributed by atoms with Crippen LogP contribution in [0.1, 0.15) is 12.0 Å². The monoisotopic (exact) mass is 169 g/mol. The SMILES string of the molecule is Fc1ccc(C2OCCO2)nc1.